The predicted molar refractivity (Wildman–Crippen MR) is 105 cm³/mol. The Morgan fingerprint density at radius 2 is 1.96 bits per heavy atom. The second-order valence-electron chi connectivity index (χ2n) is 6.24. The summed E-state index contributed by atoms with van der Waals surface area (Å²) in [7, 11) is 0. The molecule has 0 bridgehead atoms. The van der Waals surface area contributed by atoms with Crippen LogP contribution in [0.1, 0.15) is 12.5 Å². The van der Waals surface area contributed by atoms with Gasteiger partial charge in [0.25, 0.3) is 0 Å². The fourth-order valence-electron chi connectivity index (χ4n) is 3.02. The van der Waals surface area contributed by atoms with Gasteiger partial charge in [0.2, 0.25) is 11.8 Å². The molecule has 0 spiro atoms. The zero-order chi connectivity index (χ0) is 19.8. The van der Waals surface area contributed by atoms with Gasteiger partial charge in [-0.25, -0.2) is 9.07 Å². The van der Waals surface area contributed by atoms with Crippen LogP contribution in [0.2, 0.25) is 10.0 Å². The molecule has 1 aliphatic heterocycles. The number of rotatable bonds is 3. The summed E-state index contributed by atoms with van der Waals surface area (Å²) in [5, 5.41) is 10.4. The molecule has 0 fully saturated rings. The van der Waals surface area contributed by atoms with Crippen LogP contribution in [-0.4, -0.2) is 21.6 Å². The van der Waals surface area contributed by atoms with Crippen molar-refractivity contribution in [3.05, 3.63) is 64.5 Å². The summed E-state index contributed by atoms with van der Waals surface area (Å²) in [5.41, 5.74) is 1.65. The van der Waals surface area contributed by atoms with Crippen LogP contribution in [0.5, 0.6) is 0 Å². The topological polar surface area (TPSA) is 76.0 Å². The lowest BCUT2D eigenvalue weighted by molar-refractivity contribution is -0.125. The van der Waals surface area contributed by atoms with Crippen LogP contribution < -0.4 is 10.6 Å². The molecule has 0 aliphatic carbocycles. The van der Waals surface area contributed by atoms with Gasteiger partial charge in [0.15, 0.2) is 0 Å². The van der Waals surface area contributed by atoms with Crippen LogP contribution in [-0.2, 0) is 9.59 Å². The first-order valence-electron chi connectivity index (χ1n) is 8.31. The quantitative estimate of drug-likeness (QED) is 0.656. The van der Waals surface area contributed by atoms with Gasteiger partial charge < -0.3 is 10.6 Å². The first-order chi connectivity index (χ1) is 13.4. The minimum Gasteiger partial charge on any atom is -0.323 e. The molecular formula is C19H13Cl2FN4O2. The van der Waals surface area contributed by atoms with E-state index in [1.807, 2.05) is 0 Å². The molecule has 0 radical (unpaired) electrons. The van der Waals surface area contributed by atoms with Gasteiger partial charge in [-0.05, 0) is 35.9 Å². The van der Waals surface area contributed by atoms with E-state index in [9.17, 15) is 14.0 Å². The van der Waals surface area contributed by atoms with Gasteiger partial charge in [0, 0.05) is 10.6 Å². The molecule has 28 heavy (non-hydrogen) atoms. The van der Waals surface area contributed by atoms with Crippen molar-refractivity contribution < 1.29 is 14.0 Å². The first kappa shape index (κ1) is 18.5. The van der Waals surface area contributed by atoms with Gasteiger partial charge >= 0.3 is 0 Å². The summed E-state index contributed by atoms with van der Waals surface area (Å²) in [4.78, 5) is 25.0. The number of benzene rings is 2. The van der Waals surface area contributed by atoms with Crippen LogP contribution in [0.15, 0.2) is 48.7 Å². The SMILES string of the molecule is O=C1CC(C(=O)Nc2ccc(Cl)cc2Cl)n2ncc(-c3ccc(F)cc3)c2N1. The average Bonchev–Trinajstić information content (AvgIpc) is 3.07. The maximum Gasteiger partial charge on any atom is 0.249 e. The molecule has 1 aliphatic rings. The predicted octanol–water partition coefficient (Wildman–Crippen LogP) is 4.52. The molecule has 0 saturated carbocycles. The largest absolute Gasteiger partial charge is 0.323 e. The molecule has 1 atom stereocenters. The van der Waals surface area contributed by atoms with E-state index in [-0.39, 0.29) is 23.2 Å². The zero-order valence-corrected chi connectivity index (χ0v) is 15.8. The highest BCUT2D eigenvalue weighted by molar-refractivity contribution is 6.36. The third-order valence-corrected chi connectivity index (χ3v) is 4.92. The first-order valence-corrected chi connectivity index (χ1v) is 9.07. The van der Waals surface area contributed by atoms with E-state index in [2.05, 4.69) is 15.7 Å². The molecule has 0 saturated heterocycles. The van der Waals surface area contributed by atoms with E-state index in [1.54, 1.807) is 24.3 Å². The van der Waals surface area contributed by atoms with Crippen LogP contribution in [0, 0.1) is 5.82 Å². The number of amides is 2. The number of hydrogen-bond acceptors (Lipinski definition) is 3. The van der Waals surface area contributed by atoms with Crippen molar-refractivity contribution in [3.8, 4) is 11.1 Å². The average molecular weight is 419 g/mol. The van der Waals surface area contributed by atoms with Gasteiger partial charge in [0.05, 0.1) is 23.3 Å². The molecule has 2 aromatic carbocycles. The zero-order valence-electron chi connectivity index (χ0n) is 14.2. The Morgan fingerprint density at radius 1 is 1.21 bits per heavy atom. The lowest BCUT2D eigenvalue weighted by Gasteiger charge is -2.24. The fourth-order valence-corrected chi connectivity index (χ4v) is 3.48. The van der Waals surface area contributed by atoms with Crippen LogP contribution >= 0.6 is 23.2 Å². The summed E-state index contributed by atoms with van der Waals surface area (Å²) in [5.74, 6) is -0.746. The highest BCUT2D eigenvalue weighted by atomic mass is 35.5. The normalized spacial score (nSPS) is 15.7. The van der Waals surface area contributed by atoms with Crippen molar-refractivity contribution in [3.63, 3.8) is 0 Å². The Morgan fingerprint density at radius 3 is 2.68 bits per heavy atom. The molecule has 2 N–H and O–H groups in total. The Kier molecular flexibility index (Phi) is 4.78. The lowest BCUT2D eigenvalue weighted by atomic mass is 10.1. The number of carbonyl (C=O) groups excluding carboxylic acids is 2. The molecule has 142 valence electrons. The van der Waals surface area contributed by atoms with Crippen LogP contribution in [0.3, 0.4) is 0 Å². The van der Waals surface area contributed by atoms with E-state index in [0.29, 0.717) is 27.7 Å². The van der Waals surface area contributed by atoms with Gasteiger partial charge in [-0.2, -0.15) is 5.10 Å². The van der Waals surface area contributed by atoms with Gasteiger partial charge in [-0.3, -0.25) is 9.59 Å². The summed E-state index contributed by atoms with van der Waals surface area (Å²) in [6.45, 7) is 0. The molecule has 2 amide bonds. The standard InChI is InChI=1S/C19H13Cl2FN4O2/c20-11-3-6-15(14(21)7-11)24-19(28)16-8-17(27)25-18-13(9-23-26(16)18)10-1-4-12(22)5-2-10/h1-7,9,16H,8H2,(H,24,28)(H,25,27). The van der Waals surface area contributed by atoms with Crippen LogP contribution in [0.25, 0.3) is 11.1 Å². The summed E-state index contributed by atoms with van der Waals surface area (Å²) in [6.07, 6.45) is 1.46. The molecule has 1 aromatic heterocycles. The van der Waals surface area contributed by atoms with Crippen molar-refractivity contribution in [2.45, 2.75) is 12.5 Å². The molecule has 1 unspecified atom stereocenters. The summed E-state index contributed by atoms with van der Waals surface area (Å²) in [6, 6.07) is 9.63. The Bertz CT molecular complexity index is 1080. The molecule has 3 aromatic rings. The number of aromatic nitrogens is 2. The van der Waals surface area contributed by atoms with Gasteiger partial charge in [-0.1, -0.05) is 35.3 Å². The minimum absolute atomic E-state index is 0.0748. The smallest absolute Gasteiger partial charge is 0.249 e. The maximum atomic E-state index is 13.2. The summed E-state index contributed by atoms with van der Waals surface area (Å²) < 4.78 is 14.6. The number of anilines is 2. The molecule has 2 heterocycles. The fraction of sp³-hybridized carbons (Fsp3) is 0.105. The third kappa shape index (κ3) is 3.46. The van der Waals surface area contributed by atoms with Crippen molar-refractivity contribution in [2.24, 2.45) is 0 Å². The van der Waals surface area contributed by atoms with E-state index in [0.717, 1.165) is 0 Å². The Labute approximate surface area is 169 Å². The highest BCUT2D eigenvalue weighted by Gasteiger charge is 2.33. The highest BCUT2D eigenvalue weighted by Crippen LogP contribution is 2.35. The number of nitrogens with one attached hydrogen (secondary N) is 2. The minimum atomic E-state index is -0.857. The maximum absolute atomic E-state index is 13.2. The van der Waals surface area contributed by atoms with Crippen LogP contribution in [0.4, 0.5) is 15.9 Å². The second-order valence-corrected chi connectivity index (χ2v) is 7.08. The van der Waals surface area contributed by atoms with E-state index < -0.39 is 11.9 Å². The number of halogens is 3. The van der Waals surface area contributed by atoms with Crippen molar-refractivity contribution >= 4 is 46.5 Å². The Hall–Kier alpha value is -2.90. The van der Waals surface area contributed by atoms with Crippen molar-refractivity contribution in [1.82, 2.24) is 9.78 Å². The number of fused-ring (bicyclic) bond motifs is 1. The van der Waals surface area contributed by atoms with E-state index >= 15 is 0 Å². The van der Waals surface area contributed by atoms with Crippen molar-refractivity contribution in [1.29, 1.82) is 0 Å². The molecule has 9 heteroatoms. The van der Waals surface area contributed by atoms with E-state index in [4.69, 9.17) is 23.2 Å². The molecule has 6 nitrogen and oxygen atoms in total. The monoisotopic (exact) mass is 418 g/mol. The van der Waals surface area contributed by atoms with Crippen molar-refractivity contribution in [2.75, 3.05) is 10.6 Å². The van der Waals surface area contributed by atoms with E-state index in [1.165, 1.54) is 29.1 Å². The molecular weight excluding hydrogens is 406 g/mol. The number of hydrogen-bond donors (Lipinski definition) is 2. The molecule has 4 rings (SSSR count). The second kappa shape index (κ2) is 7.26. The van der Waals surface area contributed by atoms with Gasteiger partial charge in [-0.15, -0.1) is 0 Å². The Balaban J connectivity index is 1.66. The lowest BCUT2D eigenvalue weighted by Crippen LogP contribution is -2.35. The number of nitrogens with zero attached hydrogens (tertiary/aromatic N) is 2. The summed E-state index contributed by atoms with van der Waals surface area (Å²) >= 11 is 12.0. The number of carbonyl (C=O) groups is 2. The third-order valence-electron chi connectivity index (χ3n) is 4.37. The van der Waals surface area contributed by atoms with Gasteiger partial charge in [0.1, 0.15) is 17.7 Å².